The Morgan fingerprint density at radius 2 is 2.07 bits per heavy atom. The molecule has 0 radical (unpaired) electrons. The normalized spacial score (nSPS) is 12.1. The van der Waals surface area contributed by atoms with Crippen LogP contribution in [0.25, 0.3) is 0 Å². The lowest BCUT2D eigenvalue weighted by molar-refractivity contribution is -0.119. The van der Waals surface area contributed by atoms with Crippen LogP contribution in [0, 0.1) is 0 Å². The Morgan fingerprint density at radius 3 is 2.67 bits per heavy atom. The van der Waals surface area contributed by atoms with Gasteiger partial charge < -0.3 is 5.32 Å². The quantitative estimate of drug-likeness (QED) is 0.766. The molecule has 0 aliphatic rings. The minimum Gasteiger partial charge on any atom is -0.353 e. The van der Waals surface area contributed by atoms with Gasteiger partial charge >= 0.3 is 0 Å². The molecule has 1 aromatic carbocycles. The number of hydrogen-bond acceptors (Lipinski definition) is 1. The van der Waals surface area contributed by atoms with Crippen LogP contribution in [0.3, 0.4) is 0 Å². The lowest BCUT2D eigenvalue weighted by atomic mass is 10.1. The maximum absolute atomic E-state index is 11.0. The van der Waals surface area contributed by atoms with E-state index in [4.69, 9.17) is 11.6 Å². The van der Waals surface area contributed by atoms with Crippen molar-refractivity contribution in [1.29, 1.82) is 0 Å². The Hall–Kier alpha value is -1.02. The van der Waals surface area contributed by atoms with Crippen LogP contribution in [0.5, 0.6) is 0 Å². The minimum atomic E-state index is -0.0998. The molecule has 0 aliphatic carbocycles. The third-order valence-corrected chi connectivity index (χ3v) is 2.48. The second-order valence-electron chi connectivity index (χ2n) is 3.63. The van der Waals surface area contributed by atoms with E-state index in [0.29, 0.717) is 0 Å². The molecule has 0 bridgehead atoms. The van der Waals surface area contributed by atoms with Gasteiger partial charge in [-0.1, -0.05) is 30.3 Å². The van der Waals surface area contributed by atoms with Gasteiger partial charge in [-0.25, -0.2) is 0 Å². The number of alkyl halides is 1. The first-order valence-corrected chi connectivity index (χ1v) is 5.65. The highest BCUT2D eigenvalue weighted by atomic mass is 35.5. The van der Waals surface area contributed by atoms with Gasteiger partial charge in [0.1, 0.15) is 5.88 Å². The van der Waals surface area contributed by atoms with Crippen molar-refractivity contribution < 1.29 is 4.79 Å². The van der Waals surface area contributed by atoms with Gasteiger partial charge in [0.25, 0.3) is 0 Å². The fraction of sp³-hybridized carbons (Fsp3) is 0.417. The first-order valence-electron chi connectivity index (χ1n) is 5.11. The van der Waals surface area contributed by atoms with Crippen molar-refractivity contribution in [2.45, 2.75) is 25.8 Å². The summed E-state index contributed by atoms with van der Waals surface area (Å²) in [5, 5.41) is 2.83. The Labute approximate surface area is 95.6 Å². The fourth-order valence-corrected chi connectivity index (χ4v) is 1.49. The summed E-state index contributed by atoms with van der Waals surface area (Å²) >= 11 is 5.40. The molecule has 0 saturated heterocycles. The molecule has 1 unspecified atom stereocenters. The molecule has 0 saturated carbocycles. The Morgan fingerprint density at radius 1 is 1.40 bits per heavy atom. The molecule has 0 aromatic heterocycles. The standard InChI is InChI=1S/C12H16ClNO/c1-10(14-12(15)9-13)7-8-11-5-3-2-4-6-11/h2-6,10H,7-9H2,1H3,(H,14,15). The van der Waals surface area contributed by atoms with E-state index >= 15 is 0 Å². The molecule has 0 fully saturated rings. The second-order valence-corrected chi connectivity index (χ2v) is 3.89. The van der Waals surface area contributed by atoms with Crippen molar-refractivity contribution in [3.63, 3.8) is 0 Å². The highest BCUT2D eigenvalue weighted by molar-refractivity contribution is 6.27. The van der Waals surface area contributed by atoms with Gasteiger partial charge in [0.15, 0.2) is 0 Å². The van der Waals surface area contributed by atoms with Crippen molar-refractivity contribution in [2.24, 2.45) is 0 Å². The lowest BCUT2D eigenvalue weighted by Crippen LogP contribution is -2.33. The second kappa shape index (κ2) is 6.46. The number of nitrogens with one attached hydrogen (secondary N) is 1. The van der Waals surface area contributed by atoms with Gasteiger partial charge in [0.2, 0.25) is 5.91 Å². The molecule has 1 amide bonds. The number of aryl methyl sites for hydroxylation is 1. The summed E-state index contributed by atoms with van der Waals surface area (Å²) in [6, 6.07) is 10.4. The number of carbonyl (C=O) groups excluding carboxylic acids is 1. The van der Waals surface area contributed by atoms with Crippen molar-refractivity contribution in [3.8, 4) is 0 Å². The number of carbonyl (C=O) groups is 1. The van der Waals surface area contributed by atoms with Crippen LogP contribution in [0.15, 0.2) is 30.3 Å². The molecule has 82 valence electrons. The summed E-state index contributed by atoms with van der Waals surface area (Å²) in [4.78, 5) is 11.0. The number of rotatable bonds is 5. The predicted octanol–water partition coefficient (Wildman–Crippen LogP) is 2.36. The largest absolute Gasteiger partial charge is 0.353 e. The zero-order valence-electron chi connectivity index (χ0n) is 8.87. The Kier molecular flexibility index (Phi) is 5.19. The van der Waals surface area contributed by atoms with Gasteiger partial charge in [0.05, 0.1) is 0 Å². The predicted molar refractivity (Wildman–Crippen MR) is 63.1 cm³/mol. The lowest BCUT2D eigenvalue weighted by Gasteiger charge is -2.12. The monoisotopic (exact) mass is 225 g/mol. The number of halogens is 1. The molecular formula is C12H16ClNO. The van der Waals surface area contributed by atoms with E-state index in [9.17, 15) is 4.79 Å². The van der Waals surface area contributed by atoms with E-state index in [0.717, 1.165) is 12.8 Å². The van der Waals surface area contributed by atoms with Crippen molar-refractivity contribution in [3.05, 3.63) is 35.9 Å². The topological polar surface area (TPSA) is 29.1 Å². The van der Waals surface area contributed by atoms with Crippen LogP contribution in [0.2, 0.25) is 0 Å². The molecular weight excluding hydrogens is 210 g/mol. The highest BCUT2D eigenvalue weighted by Gasteiger charge is 2.05. The molecule has 1 rings (SSSR count). The average Bonchev–Trinajstić information content (AvgIpc) is 2.27. The van der Waals surface area contributed by atoms with E-state index in [1.54, 1.807) is 0 Å². The first-order chi connectivity index (χ1) is 7.22. The molecule has 3 heteroatoms. The van der Waals surface area contributed by atoms with Crippen molar-refractivity contribution >= 4 is 17.5 Å². The number of amides is 1. The molecule has 15 heavy (non-hydrogen) atoms. The smallest absolute Gasteiger partial charge is 0.235 e. The minimum absolute atomic E-state index is 0.0374. The summed E-state index contributed by atoms with van der Waals surface area (Å²) < 4.78 is 0. The molecule has 0 aliphatic heterocycles. The molecule has 0 spiro atoms. The first kappa shape index (κ1) is 12.1. The van der Waals surface area contributed by atoms with E-state index in [1.807, 2.05) is 25.1 Å². The van der Waals surface area contributed by atoms with Crippen LogP contribution >= 0.6 is 11.6 Å². The average molecular weight is 226 g/mol. The van der Waals surface area contributed by atoms with Gasteiger partial charge in [-0.05, 0) is 25.3 Å². The van der Waals surface area contributed by atoms with E-state index in [2.05, 4.69) is 17.4 Å². The van der Waals surface area contributed by atoms with E-state index in [1.165, 1.54) is 5.56 Å². The summed E-state index contributed by atoms with van der Waals surface area (Å²) in [5.41, 5.74) is 1.30. The maximum Gasteiger partial charge on any atom is 0.235 e. The van der Waals surface area contributed by atoms with Crippen LogP contribution in [-0.4, -0.2) is 17.8 Å². The summed E-state index contributed by atoms with van der Waals surface area (Å²) in [7, 11) is 0. The highest BCUT2D eigenvalue weighted by Crippen LogP contribution is 2.04. The van der Waals surface area contributed by atoms with E-state index in [-0.39, 0.29) is 17.8 Å². The Balaban J connectivity index is 2.28. The Bertz CT molecular complexity index is 300. The SMILES string of the molecule is CC(CCc1ccccc1)NC(=O)CCl. The molecule has 1 atom stereocenters. The zero-order valence-corrected chi connectivity index (χ0v) is 9.63. The summed E-state index contributed by atoms with van der Waals surface area (Å²) in [5.74, 6) is -0.0624. The van der Waals surface area contributed by atoms with Crippen LogP contribution in [-0.2, 0) is 11.2 Å². The molecule has 1 N–H and O–H groups in total. The third-order valence-electron chi connectivity index (χ3n) is 2.24. The zero-order chi connectivity index (χ0) is 11.1. The fourth-order valence-electron chi connectivity index (χ4n) is 1.41. The van der Waals surface area contributed by atoms with Crippen LogP contribution < -0.4 is 5.32 Å². The van der Waals surface area contributed by atoms with Crippen LogP contribution in [0.1, 0.15) is 18.9 Å². The van der Waals surface area contributed by atoms with Crippen molar-refractivity contribution in [1.82, 2.24) is 5.32 Å². The van der Waals surface area contributed by atoms with Gasteiger partial charge in [-0.3, -0.25) is 4.79 Å². The number of hydrogen-bond donors (Lipinski definition) is 1. The summed E-state index contributed by atoms with van der Waals surface area (Å²) in [6.45, 7) is 1.99. The molecule has 0 heterocycles. The third kappa shape index (κ3) is 4.84. The maximum atomic E-state index is 11.0. The van der Waals surface area contributed by atoms with Crippen LogP contribution in [0.4, 0.5) is 0 Å². The van der Waals surface area contributed by atoms with Gasteiger partial charge in [0, 0.05) is 6.04 Å². The van der Waals surface area contributed by atoms with Gasteiger partial charge in [-0.15, -0.1) is 11.6 Å². The van der Waals surface area contributed by atoms with Crippen molar-refractivity contribution in [2.75, 3.05) is 5.88 Å². The van der Waals surface area contributed by atoms with E-state index < -0.39 is 0 Å². The molecule has 2 nitrogen and oxygen atoms in total. The van der Waals surface area contributed by atoms with Gasteiger partial charge in [-0.2, -0.15) is 0 Å². The number of benzene rings is 1. The molecule has 1 aromatic rings. The summed E-state index contributed by atoms with van der Waals surface area (Å²) in [6.07, 6.45) is 1.91.